The molecule has 6 nitrogen and oxygen atoms in total. The van der Waals surface area contributed by atoms with Gasteiger partial charge in [-0.2, -0.15) is 5.26 Å². The molecule has 1 amide bonds. The van der Waals surface area contributed by atoms with Crippen LogP contribution in [-0.2, 0) is 0 Å². The van der Waals surface area contributed by atoms with Gasteiger partial charge in [-0.05, 0) is 44.4 Å². The van der Waals surface area contributed by atoms with Crippen molar-refractivity contribution in [2.45, 2.75) is 26.2 Å². The smallest absolute Gasteiger partial charge is 0.256 e. The van der Waals surface area contributed by atoms with Crippen LogP contribution in [0.1, 0.15) is 46.0 Å². The van der Waals surface area contributed by atoms with Crippen LogP contribution in [0.2, 0.25) is 0 Å². The quantitative estimate of drug-likeness (QED) is 0.291. The number of hydrogen-bond acceptors (Lipinski definition) is 6. The molecule has 7 heteroatoms. The summed E-state index contributed by atoms with van der Waals surface area (Å²) in [7, 11) is 0. The molecule has 0 spiro atoms. The fourth-order valence-corrected chi connectivity index (χ4v) is 5.13. The van der Waals surface area contributed by atoms with Crippen molar-refractivity contribution >= 4 is 39.8 Å². The van der Waals surface area contributed by atoms with Crippen molar-refractivity contribution in [2.24, 2.45) is 0 Å². The second-order valence-electron chi connectivity index (χ2n) is 8.78. The predicted molar refractivity (Wildman–Crippen MR) is 145 cm³/mol. The van der Waals surface area contributed by atoms with E-state index in [2.05, 4.69) is 16.3 Å². The lowest BCUT2D eigenvalue weighted by molar-refractivity contribution is 0.102. The van der Waals surface area contributed by atoms with Gasteiger partial charge in [0, 0.05) is 36.4 Å². The van der Waals surface area contributed by atoms with Crippen LogP contribution in [0.4, 0.5) is 10.9 Å². The van der Waals surface area contributed by atoms with Crippen molar-refractivity contribution < 1.29 is 9.21 Å². The lowest BCUT2D eigenvalue weighted by atomic mass is 10.1. The molecule has 1 aliphatic heterocycles. The fourth-order valence-electron chi connectivity index (χ4n) is 4.18. The molecule has 1 saturated heterocycles. The van der Waals surface area contributed by atoms with E-state index in [0.717, 1.165) is 42.9 Å². The first-order chi connectivity index (χ1) is 17.6. The second-order valence-corrected chi connectivity index (χ2v) is 9.78. The highest BCUT2D eigenvalue weighted by Crippen LogP contribution is 2.37. The van der Waals surface area contributed by atoms with Gasteiger partial charge in [-0.1, -0.05) is 59.4 Å². The zero-order chi connectivity index (χ0) is 24.9. The summed E-state index contributed by atoms with van der Waals surface area (Å²) in [6.45, 7) is 3.95. The van der Waals surface area contributed by atoms with Crippen molar-refractivity contribution in [1.29, 1.82) is 5.26 Å². The van der Waals surface area contributed by atoms with Gasteiger partial charge >= 0.3 is 0 Å². The molecule has 3 heterocycles. The molecule has 0 bridgehead atoms. The molecular weight excluding hydrogens is 468 g/mol. The molecular formula is C29H26N4O2S. The van der Waals surface area contributed by atoms with E-state index in [1.54, 1.807) is 18.2 Å². The fraction of sp³-hybridized carbons (Fsp3) is 0.207. The molecule has 0 radical (unpaired) electrons. The number of nitriles is 1. The number of aromatic nitrogens is 1. The van der Waals surface area contributed by atoms with Gasteiger partial charge in [0.05, 0.1) is 5.57 Å². The minimum absolute atomic E-state index is 0.220. The largest absolute Gasteiger partial charge is 0.441 e. The number of nitrogens with one attached hydrogen (secondary N) is 1. The van der Waals surface area contributed by atoms with Crippen molar-refractivity contribution in [3.63, 3.8) is 0 Å². The van der Waals surface area contributed by atoms with Gasteiger partial charge in [0.25, 0.3) is 5.91 Å². The van der Waals surface area contributed by atoms with Gasteiger partial charge in [0.2, 0.25) is 0 Å². The summed E-state index contributed by atoms with van der Waals surface area (Å²) in [5.41, 5.74) is 3.52. The summed E-state index contributed by atoms with van der Waals surface area (Å²) in [5, 5.41) is 14.1. The first kappa shape index (κ1) is 23.6. The van der Waals surface area contributed by atoms with Gasteiger partial charge in [-0.25, -0.2) is 4.98 Å². The van der Waals surface area contributed by atoms with Crippen LogP contribution in [0.5, 0.6) is 0 Å². The highest BCUT2D eigenvalue weighted by molar-refractivity contribution is 7.17. The molecule has 0 atom stereocenters. The number of hydrogen-bond donors (Lipinski definition) is 1. The van der Waals surface area contributed by atoms with Gasteiger partial charge in [-0.15, -0.1) is 0 Å². The maximum atomic E-state index is 13.0. The Morgan fingerprint density at radius 3 is 2.53 bits per heavy atom. The minimum Gasteiger partial charge on any atom is -0.441 e. The molecule has 0 aliphatic carbocycles. The van der Waals surface area contributed by atoms with E-state index >= 15 is 0 Å². The number of rotatable bonds is 6. The van der Waals surface area contributed by atoms with Crippen LogP contribution < -0.4 is 10.2 Å². The maximum Gasteiger partial charge on any atom is 0.256 e. The van der Waals surface area contributed by atoms with Crippen LogP contribution >= 0.6 is 11.3 Å². The Kier molecular flexibility index (Phi) is 6.96. The van der Waals surface area contributed by atoms with Gasteiger partial charge < -0.3 is 14.6 Å². The minimum atomic E-state index is -0.220. The number of furan rings is 1. The number of benzene rings is 2. The van der Waals surface area contributed by atoms with E-state index in [1.807, 2.05) is 61.5 Å². The Morgan fingerprint density at radius 1 is 1.06 bits per heavy atom. The van der Waals surface area contributed by atoms with Crippen LogP contribution in [0.3, 0.4) is 0 Å². The summed E-state index contributed by atoms with van der Waals surface area (Å²) in [6.07, 6.45) is 5.29. The monoisotopic (exact) mass is 494 g/mol. The molecule has 1 aliphatic rings. The van der Waals surface area contributed by atoms with Gasteiger partial charge in [-0.3, -0.25) is 4.79 Å². The Morgan fingerprint density at radius 2 is 1.81 bits per heavy atom. The lowest BCUT2D eigenvalue weighted by Gasteiger charge is -2.25. The Labute approximate surface area is 214 Å². The number of carbonyl (C=O) groups excluding carboxylic acids is 1. The van der Waals surface area contributed by atoms with E-state index in [4.69, 9.17) is 9.40 Å². The number of piperidine rings is 1. The molecule has 4 aromatic rings. The summed E-state index contributed by atoms with van der Waals surface area (Å²) >= 11 is 1.28. The molecule has 1 N–H and O–H groups in total. The topological polar surface area (TPSA) is 82.2 Å². The van der Waals surface area contributed by atoms with E-state index < -0.39 is 0 Å². The second kappa shape index (κ2) is 10.6. The molecule has 180 valence electrons. The lowest BCUT2D eigenvalue weighted by Crippen LogP contribution is -2.28. The van der Waals surface area contributed by atoms with E-state index in [9.17, 15) is 10.1 Å². The van der Waals surface area contributed by atoms with Gasteiger partial charge in [0.15, 0.2) is 5.88 Å². The Hall–Kier alpha value is -4.15. The summed E-state index contributed by atoms with van der Waals surface area (Å²) in [4.78, 5) is 20.0. The maximum absolute atomic E-state index is 13.0. The average molecular weight is 495 g/mol. The highest BCUT2D eigenvalue weighted by atomic mass is 32.1. The van der Waals surface area contributed by atoms with Crippen LogP contribution in [0.15, 0.2) is 71.1 Å². The van der Waals surface area contributed by atoms with E-state index in [-0.39, 0.29) is 5.91 Å². The average Bonchev–Trinajstić information content (AvgIpc) is 3.56. The standard InChI is InChI=1S/C29H26N4O2S/c1-20-10-12-22(13-11-20)27(34)32-29-26(21-8-4-2-5-9-21)31-28(36-29)23(19-30)18-24-14-15-25(35-24)33-16-6-3-7-17-33/h2,4-5,8-15,18H,3,6-7,16-17H2,1H3,(H,32,34). The number of thiazole rings is 1. The molecule has 2 aromatic heterocycles. The molecule has 0 unspecified atom stereocenters. The first-order valence-corrected chi connectivity index (χ1v) is 12.8. The number of nitrogens with zero attached hydrogens (tertiary/aromatic N) is 3. The third kappa shape index (κ3) is 5.24. The normalized spacial score (nSPS) is 13.9. The number of anilines is 2. The first-order valence-electron chi connectivity index (χ1n) is 12.0. The van der Waals surface area contributed by atoms with Crippen molar-refractivity contribution in [2.75, 3.05) is 23.3 Å². The van der Waals surface area contributed by atoms with E-state index in [0.29, 0.717) is 32.6 Å². The zero-order valence-corrected chi connectivity index (χ0v) is 20.8. The molecule has 1 fully saturated rings. The SMILES string of the molecule is Cc1ccc(C(=O)Nc2sc(C(C#N)=Cc3ccc(N4CCCCC4)o3)nc2-c2ccccc2)cc1. The predicted octanol–water partition coefficient (Wildman–Crippen LogP) is 7.02. The number of carbonyl (C=O) groups is 1. The van der Waals surface area contributed by atoms with Gasteiger partial charge in [0.1, 0.15) is 27.5 Å². The molecule has 36 heavy (non-hydrogen) atoms. The van der Waals surface area contributed by atoms with Crippen molar-refractivity contribution in [3.8, 4) is 17.3 Å². The summed E-state index contributed by atoms with van der Waals surface area (Å²) < 4.78 is 6.04. The van der Waals surface area contributed by atoms with Crippen molar-refractivity contribution in [3.05, 3.63) is 88.6 Å². The number of allylic oxidation sites excluding steroid dienone is 1. The Balaban J connectivity index is 1.46. The number of amides is 1. The molecule has 5 rings (SSSR count). The molecule has 0 saturated carbocycles. The zero-order valence-electron chi connectivity index (χ0n) is 20.0. The third-order valence-electron chi connectivity index (χ3n) is 6.13. The van der Waals surface area contributed by atoms with Crippen LogP contribution in [-0.4, -0.2) is 24.0 Å². The van der Waals surface area contributed by atoms with E-state index in [1.165, 1.54) is 17.8 Å². The van der Waals surface area contributed by atoms with Crippen LogP contribution in [0, 0.1) is 18.3 Å². The summed E-state index contributed by atoms with van der Waals surface area (Å²) in [6, 6.07) is 23.2. The number of aryl methyl sites for hydroxylation is 1. The highest BCUT2D eigenvalue weighted by Gasteiger charge is 2.20. The van der Waals surface area contributed by atoms with Crippen molar-refractivity contribution in [1.82, 2.24) is 4.98 Å². The summed E-state index contributed by atoms with van der Waals surface area (Å²) in [5.74, 6) is 1.21. The Bertz CT molecular complexity index is 1420. The third-order valence-corrected chi connectivity index (χ3v) is 7.14. The molecule has 2 aromatic carbocycles. The van der Waals surface area contributed by atoms with Crippen LogP contribution in [0.25, 0.3) is 22.9 Å².